The molecule has 0 atom stereocenters. The molecular formula is C12H7BrClF2NO2S. The smallest absolute Gasteiger partial charge is 0.264 e. The third-order valence-electron chi connectivity index (χ3n) is 2.36. The Morgan fingerprint density at radius 2 is 1.80 bits per heavy atom. The van der Waals surface area contributed by atoms with Gasteiger partial charge in [0.1, 0.15) is 16.5 Å². The highest BCUT2D eigenvalue weighted by atomic mass is 79.9. The van der Waals surface area contributed by atoms with Crippen molar-refractivity contribution in [1.29, 1.82) is 0 Å². The lowest BCUT2D eigenvalue weighted by molar-refractivity contribution is 0.551. The molecule has 1 N–H and O–H groups in total. The quantitative estimate of drug-likeness (QED) is 0.865. The first-order chi connectivity index (χ1) is 9.29. The lowest BCUT2D eigenvalue weighted by atomic mass is 10.3. The van der Waals surface area contributed by atoms with E-state index in [1.807, 2.05) is 0 Å². The Bertz CT molecular complexity index is 768. The molecule has 0 saturated heterocycles. The average Bonchev–Trinajstić information content (AvgIpc) is 2.32. The fourth-order valence-electron chi connectivity index (χ4n) is 1.47. The number of rotatable bonds is 3. The van der Waals surface area contributed by atoms with Crippen molar-refractivity contribution in [2.24, 2.45) is 0 Å². The standard InChI is InChI=1S/C12H7BrClF2NO2S/c13-7-1-3-11(9(14)5-7)17-20(18,19)12-4-2-8(15)6-10(12)16/h1-6,17H. The van der Waals surface area contributed by atoms with Gasteiger partial charge < -0.3 is 0 Å². The van der Waals surface area contributed by atoms with Crippen molar-refractivity contribution >= 4 is 43.2 Å². The van der Waals surface area contributed by atoms with Crippen molar-refractivity contribution in [3.8, 4) is 0 Å². The number of sulfonamides is 1. The Labute approximate surface area is 127 Å². The zero-order chi connectivity index (χ0) is 14.9. The molecule has 106 valence electrons. The fraction of sp³-hybridized carbons (Fsp3) is 0. The van der Waals surface area contributed by atoms with Gasteiger partial charge in [0.2, 0.25) is 0 Å². The van der Waals surface area contributed by atoms with Gasteiger partial charge in [-0.2, -0.15) is 0 Å². The summed E-state index contributed by atoms with van der Waals surface area (Å²) in [5, 5.41) is 0.144. The third-order valence-corrected chi connectivity index (χ3v) is 4.56. The summed E-state index contributed by atoms with van der Waals surface area (Å²) in [5.74, 6) is -2.03. The molecular weight excluding hydrogens is 376 g/mol. The molecule has 2 aromatic carbocycles. The van der Waals surface area contributed by atoms with Crippen LogP contribution in [-0.2, 0) is 10.0 Å². The molecule has 0 amide bonds. The zero-order valence-electron chi connectivity index (χ0n) is 9.70. The van der Waals surface area contributed by atoms with Crippen LogP contribution in [0.3, 0.4) is 0 Å². The minimum absolute atomic E-state index is 0.0959. The molecule has 0 fully saturated rings. The van der Waals surface area contributed by atoms with Crippen LogP contribution in [0.25, 0.3) is 0 Å². The Kier molecular flexibility index (Phi) is 4.31. The van der Waals surface area contributed by atoms with Crippen LogP contribution in [0.2, 0.25) is 5.02 Å². The maximum atomic E-state index is 13.5. The number of anilines is 1. The van der Waals surface area contributed by atoms with Crippen LogP contribution in [0, 0.1) is 11.6 Å². The molecule has 0 radical (unpaired) electrons. The molecule has 0 aliphatic carbocycles. The summed E-state index contributed by atoms with van der Waals surface area (Å²) in [6.45, 7) is 0. The molecule has 8 heteroatoms. The van der Waals surface area contributed by atoms with Crippen LogP contribution in [-0.4, -0.2) is 8.42 Å². The van der Waals surface area contributed by atoms with Crippen LogP contribution in [0.15, 0.2) is 45.8 Å². The van der Waals surface area contributed by atoms with Crippen LogP contribution in [0.5, 0.6) is 0 Å². The van der Waals surface area contributed by atoms with E-state index in [1.54, 1.807) is 6.07 Å². The molecule has 2 rings (SSSR count). The predicted molar refractivity (Wildman–Crippen MR) is 76.3 cm³/mol. The maximum Gasteiger partial charge on any atom is 0.264 e. The van der Waals surface area contributed by atoms with Gasteiger partial charge in [-0.25, -0.2) is 17.2 Å². The van der Waals surface area contributed by atoms with Crippen molar-refractivity contribution in [3.63, 3.8) is 0 Å². The molecule has 20 heavy (non-hydrogen) atoms. The molecule has 0 aliphatic rings. The first kappa shape index (κ1) is 15.2. The first-order valence-corrected chi connectivity index (χ1v) is 7.88. The first-order valence-electron chi connectivity index (χ1n) is 5.22. The number of benzene rings is 2. The topological polar surface area (TPSA) is 46.2 Å². The highest BCUT2D eigenvalue weighted by molar-refractivity contribution is 9.10. The van der Waals surface area contributed by atoms with Gasteiger partial charge in [-0.3, -0.25) is 4.72 Å². The van der Waals surface area contributed by atoms with Gasteiger partial charge in [0.15, 0.2) is 0 Å². The monoisotopic (exact) mass is 381 g/mol. The normalized spacial score (nSPS) is 11.4. The summed E-state index contributed by atoms with van der Waals surface area (Å²) in [5.41, 5.74) is 0.0959. The fourth-order valence-corrected chi connectivity index (χ4v) is 3.38. The van der Waals surface area contributed by atoms with Crippen molar-refractivity contribution in [2.75, 3.05) is 4.72 Å². The Morgan fingerprint density at radius 3 is 2.40 bits per heavy atom. The van der Waals surface area contributed by atoms with Crippen LogP contribution in [0.1, 0.15) is 0 Å². The third kappa shape index (κ3) is 3.28. The van der Waals surface area contributed by atoms with Crippen molar-refractivity contribution in [2.45, 2.75) is 4.90 Å². The van der Waals surface area contributed by atoms with E-state index >= 15 is 0 Å². The number of hydrogen-bond donors (Lipinski definition) is 1. The van der Waals surface area contributed by atoms with E-state index in [1.165, 1.54) is 12.1 Å². The van der Waals surface area contributed by atoms with Gasteiger partial charge in [-0.05, 0) is 30.3 Å². The van der Waals surface area contributed by atoms with Crippen molar-refractivity contribution < 1.29 is 17.2 Å². The van der Waals surface area contributed by atoms with E-state index in [0.717, 1.165) is 12.1 Å². The van der Waals surface area contributed by atoms with Gasteiger partial charge in [-0.15, -0.1) is 0 Å². The van der Waals surface area contributed by atoms with E-state index in [0.29, 0.717) is 10.5 Å². The highest BCUT2D eigenvalue weighted by Gasteiger charge is 2.20. The molecule has 0 saturated carbocycles. The van der Waals surface area contributed by atoms with Gasteiger partial charge in [0.05, 0.1) is 10.7 Å². The molecule has 3 nitrogen and oxygen atoms in total. The summed E-state index contributed by atoms with van der Waals surface area (Å²) >= 11 is 9.05. The highest BCUT2D eigenvalue weighted by Crippen LogP contribution is 2.28. The Balaban J connectivity index is 2.41. The van der Waals surface area contributed by atoms with E-state index < -0.39 is 26.6 Å². The second kappa shape index (κ2) is 5.67. The van der Waals surface area contributed by atoms with E-state index in [-0.39, 0.29) is 10.7 Å². The zero-order valence-corrected chi connectivity index (χ0v) is 12.9. The lowest BCUT2D eigenvalue weighted by Gasteiger charge is -2.10. The molecule has 0 spiro atoms. The van der Waals surface area contributed by atoms with Gasteiger partial charge >= 0.3 is 0 Å². The minimum Gasteiger partial charge on any atom is -0.278 e. The van der Waals surface area contributed by atoms with Gasteiger partial charge in [0.25, 0.3) is 10.0 Å². The van der Waals surface area contributed by atoms with Gasteiger partial charge in [-0.1, -0.05) is 27.5 Å². The molecule has 0 aromatic heterocycles. The second-order valence-corrected chi connectivity index (χ2v) is 6.78. The SMILES string of the molecule is O=S(=O)(Nc1ccc(Br)cc1Cl)c1ccc(F)cc1F. The van der Waals surface area contributed by atoms with E-state index in [9.17, 15) is 17.2 Å². The summed E-state index contributed by atoms with van der Waals surface area (Å²) in [7, 11) is -4.19. The Morgan fingerprint density at radius 1 is 1.10 bits per heavy atom. The van der Waals surface area contributed by atoms with Crippen molar-refractivity contribution in [1.82, 2.24) is 0 Å². The predicted octanol–water partition coefficient (Wildman–Crippen LogP) is 4.18. The second-order valence-electron chi connectivity index (χ2n) is 3.80. The molecule has 2 aromatic rings. The summed E-state index contributed by atoms with van der Waals surface area (Å²) in [6.07, 6.45) is 0. The maximum absolute atomic E-state index is 13.5. The number of nitrogens with one attached hydrogen (secondary N) is 1. The van der Waals surface area contributed by atoms with Crippen LogP contribution < -0.4 is 4.72 Å². The molecule has 0 heterocycles. The van der Waals surface area contributed by atoms with E-state index in [2.05, 4.69) is 20.7 Å². The Hall–Kier alpha value is -1.18. The van der Waals surface area contributed by atoms with Gasteiger partial charge in [0, 0.05) is 10.5 Å². The summed E-state index contributed by atoms with van der Waals surface area (Å²) in [4.78, 5) is -0.655. The molecule has 0 aliphatic heterocycles. The van der Waals surface area contributed by atoms with Crippen LogP contribution in [0.4, 0.5) is 14.5 Å². The number of halogens is 4. The lowest BCUT2D eigenvalue weighted by Crippen LogP contribution is -2.15. The van der Waals surface area contributed by atoms with Crippen LogP contribution >= 0.6 is 27.5 Å². The summed E-state index contributed by atoms with van der Waals surface area (Å²) in [6, 6.07) is 6.69. The largest absolute Gasteiger partial charge is 0.278 e. The molecule has 0 unspecified atom stereocenters. The van der Waals surface area contributed by atoms with Crippen molar-refractivity contribution in [3.05, 3.63) is 57.5 Å². The minimum atomic E-state index is -4.19. The molecule has 0 bridgehead atoms. The summed E-state index contributed by atoms with van der Waals surface area (Å²) < 4.78 is 53.2. The van der Waals surface area contributed by atoms with E-state index in [4.69, 9.17) is 11.6 Å². The average molecular weight is 383 g/mol. The number of hydrogen-bond acceptors (Lipinski definition) is 2.